The van der Waals surface area contributed by atoms with Crippen LogP contribution in [0.1, 0.15) is 19.3 Å². The zero-order chi connectivity index (χ0) is 14.2. The van der Waals surface area contributed by atoms with Crippen molar-refractivity contribution in [3.63, 3.8) is 0 Å². The Morgan fingerprint density at radius 3 is 3.00 bits per heavy atom. The quantitative estimate of drug-likeness (QED) is 0.743. The second-order valence-corrected chi connectivity index (χ2v) is 5.06. The van der Waals surface area contributed by atoms with Crippen LogP contribution in [0.3, 0.4) is 0 Å². The highest BCUT2D eigenvalue weighted by Crippen LogP contribution is 2.15. The summed E-state index contributed by atoms with van der Waals surface area (Å²) in [6.07, 6.45) is 2.88. The number of aliphatic hydroxyl groups is 1. The SMILES string of the molecule is Nc1cccc(OCC(O)COCC2CCCCO2)c1. The van der Waals surface area contributed by atoms with Crippen LogP contribution in [-0.2, 0) is 9.47 Å². The van der Waals surface area contributed by atoms with Gasteiger partial charge in [-0.1, -0.05) is 6.07 Å². The molecule has 0 aromatic heterocycles. The molecule has 1 aromatic carbocycles. The number of nitrogen functional groups attached to an aromatic ring is 1. The molecular formula is C15H23NO4. The van der Waals surface area contributed by atoms with Gasteiger partial charge in [-0.2, -0.15) is 0 Å². The first-order chi connectivity index (χ1) is 9.74. The third kappa shape index (κ3) is 5.36. The molecule has 1 heterocycles. The van der Waals surface area contributed by atoms with Crippen molar-refractivity contribution in [1.82, 2.24) is 0 Å². The number of hydrogen-bond donors (Lipinski definition) is 2. The number of aliphatic hydroxyl groups excluding tert-OH is 1. The maximum absolute atomic E-state index is 9.79. The Kier molecular flexibility index (Phi) is 6.11. The number of ether oxygens (including phenoxy) is 3. The number of benzene rings is 1. The Morgan fingerprint density at radius 2 is 2.25 bits per heavy atom. The first-order valence-electron chi connectivity index (χ1n) is 7.10. The van der Waals surface area contributed by atoms with Crippen LogP contribution >= 0.6 is 0 Å². The molecule has 0 amide bonds. The van der Waals surface area contributed by atoms with Gasteiger partial charge in [-0.05, 0) is 31.4 Å². The zero-order valence-electron chi connectivity index (χ0n) is 11.7. The molecular weight excluding hydrogens is 258 g/mol. The molecule has 1 saturated heterocycles. The number of nitrogens with two attached hydrogens (primary N) is 1. The molecule has 1 aliphatic heterocycles. The highest BCUT2D eigenvalue weighted by Gasteiger charge is 2.14. The summed E-state index contributed by atoms with van der Waals surface area (Å²) in [4.78, 5) is 0. The van der Waals surface area contributed by atoms with Crippen molar-refractivity contribution in [3.05, 3.63) is 24.3 Å². The maximum Gasteiger partial charge on any atom is 0.121 e. The molecule has 2 unspecified atom stereocenters. The van der Waals surface area contributed by atoms with Gasteiger partial charge in [-0.25, -0.2) is 0 Å². The Bertz CT molecular complexity index is 393. The van der Waals surface area contributed by atoms with E-state index in [1.165, 1.54) is 6.42 Å². The molecule has 5 nitrogen and oxygen atoms in total. The number of anilines is 1. The molecule has 0 radical (unpaired) electrons. The monoisotopic (exact) mass is 281 g/mol. The number of hydrogen-bond acceptors (Lipinski definition) is 5. The molecule has 1 fully saturated rings. The van der Waals surface area contributed by atoms with Gasteiger partial charge in [0.05, 0.1) is 19.3 Å². The van der Waals surface area contributed by atoms with Gasteiger partial charge in [-0.3, -0.25) is 0 Å². The molecule has 0 bridgehead atoms. The molecule has 20 heavy (non-hydrogen) atoms. The van der Waals surface area contributed by atoms with Gasteiger partial charge in [0.15, 0.2) is 0 Å². The average molecular weight is 281 g/mol. The first kappa shape index (κ1) is 15.1. The van der Waals surface area contributed by atoms with Crippen molar-refractivity contribution in [2.45, 2.75) is 31.5 Å². The summed E-state index contributed by atoms with van der Waals surface area (Å²) in [7, 11) is 0. The normalized spacial score (nSPS) is 20.6. The van der Waals surface area contributed by atoms with Gasteiger partial charge in [0.25, 0.3) is 0 Å². The molecule has 2 rings (SSSR count). The summed E-state index contributed by atoms with van der Waals surface area (Å²) < 4.78 is 16.5. The van der Waals surface area contributed by atoms with Crippen LogP contribution in [0.5, 0.6) is 5.75 Å². The topological polar surface area (TPSA) is 73.9 Å². The largest absolute Gasteiger partial charge is 0.491 e. The lowest BCUT2D eigenvalue weighted by atomic mass is 10.1. The van der Waals surface area contributed by atoms with Gasteiger partial charge < -0.3 is 25.1 Å². The molecule has 0 spiro atoms. The summed E-state index contributed by atoms with van der Waals surface area (Å²) >= 11 is 0. The Labute approximate surface area is 119 Å². The van der Waals surface area contributed by atoms with Crippen molar-refractivity contribution in [2.24, 2.45) is 0 Å². The van der Waals surface area contributed by atoms with Gasteiger partial charge in [0, 0.05) is 18.4 Å². The van der Waals surface area contributed by atoms with Crippen LogP contribution < -0.4 is 10.5 Å². The van der Waals surface area contributed by atoms with E-state index in [2.05, 4.69) is 0 Å². The van der Waals surface area contributed by atoms with Crippen LogP contribution in [0.25, 0.3) is 0 Å². The van der Waals surface area contributed by atoms with Crippen molar-refractivity contribution in [3.8, 4) is 5.75 Å². The van der Waals surface area contributed by atoms with E-state index in [4.69, 9.17) is 19.9 Å². The van der Waals surface area contributed by atoms with E-state index in [1.807, 2.05) is 6.07 Å². The second-order valence-electron chi connectivity index (χ2n) is 5.06. The fourth-order valence-electron chi connectivity index (χ4n) is 2.12. The van der Waals surface area contributed by atoms with Crippen LogP contribution in [0.15, 0.2) is 24.3 Å². The van der Waals surface area contributed by atoms with E-state index in [0.717, 1.165) is 19.4 Å². The van der Waals surface area contributed by atoms with Crippen molar-refractivity contribution in [2.75, 3.05) is 32.2 Å². The van der Waals surface area contributed by atoms with Gasteiger partial charge >= 0.3 is 0 Å². The first-order valence-corrected chi connectivity index (χ1v) is 7.10. The van der Waals surface area contributed by atoms with Crippen LogP contribution in [0.4, 0.5) is 5.69 Å². The summed E-state index contributed by atoms with van der Waals surface area (Å²) in [6.45, 7) is 1.79. The molecule has 2 atom stereocenters. The third-order valence-electron chi connectivity index (χ3n) is 3.19. The van der Waals surface area contributed by atoms with Gasteiger partial charge in [0.2, 0.25) is 0 Å². The predicted molar refractivity (Wildman–Crippen MR) is 76.8 cm³/mol. The lowest BCUT2D eigenvalue weighted by Gasteiger charge is -2.23. The highest BCUT2D eigenvalue weighted by atomic mass is 16.5. The van der Waals surface area contributed by atoms with E-state index in [9.17, 15) is 5.11 Å². The van der Waals surface area contributed by atoms with Crippen molar-refractivity contribution < 1.29 is 19.3 Å². The second kappa shape index (κ2) is 8.09. The summed E-state index contributed by atoms with van der Waals surface area (Å²) in [5.41, 5.74) is 6.29. The molecule has 1 aliphatic rings. The molecule has 3 N–H and O–H groups in total. The van der Waals surface area contributed by atoms with Gasteiger partial charge in [-0.15, -0.1) is 0 Å². The van der Waals surface area contributed by atoms with E-state index in [0.29, 0.717) is 18.0 Å². The highest BCUT2D eigenvalue weighted by molar-refractivity contribution is 5.43. The fourth-order valence-corrected chi connectivity index (χ4v) is 2.12. The Hall–Kier alpha value is -1.30. The predicted octanol–water partition coefficient (Wildman–Crippen LogP) is 1.59. The third-order valence-corrected chi connectivity index (χ3v) is 3.19. The van der Waals surface area contributed by atoms with E-state index < -0.39 is 6.10 Å². The Morgan fingerprint density at radius 1 is 1.35 bits per heavy atom. The molecule has 0 aliphatic carbocycles. The van der Waals surface area contributed by atoms with E-state index in [-0.39, 0.29) is 19.3 Å². The van der Waals surface area contributed by atoms with Crippen LogP contribution in [0, 0.1) is 0 Å². The van der Waals surface area contributed by atoms with Crippen LogP contribution in [-0.4, -0.2) is 43.7 Å². The maximum atomic E-state index is 9.79. The molecule has 5 heteroatoms. The lowest BCUT2D eigenvalue weighted by molar-refractivity contribution is -0.0618. The standard InChI is InChI=1S/C15H23NO4/c16-12-4-3-6-14(8-12)20-10-13(17)9-18-11-15-5-1-2-7-19-15/h3-4,6,8,13,15,17H,1-2,5,7,9-11,16H2. The van der Waals surface area contributed by atoms with Gasteiger partial charge in [0.1, 0.15) is 18.5 Å². The van der Waals surface area contributed by atoms with Crippen molar-refractivity contribution in [1.29, 1.82) is 0 Å². The minimum atomic E-state index is -0.653. The van der Waals surface area contributed by atoms with E-state index >= 15 is 0 Å². The molecule has 112 valence electrons. The summed E-state index contributed by atoms with van der Waals surface area (Å²) in [5, 5.41) is 9.79. The summed E-state index contributed by atoms with van der Waals surface area (Å²) in [5.74, 6) is 0.652. The Balaban J connectivity index is 1.59. The smallest absolute Gasteiger partial charge is 0.121 e. The minimum Gasteiger partial charge on any atom is -0.491 e. The molecule has 1 aromatic rings. The minimum absolute atomic E-state index is 0.172. The van der Waals surface area contributed by atoms with Crippen molar-refractivity contribution >= 4 is 5.69 Å². The number of rotatable bonds is 7. The lowest BCUT2D eigenvalue weighted by Crippen LogP contribution is -2.29. The zero-order valence-corrected chi connectivity index (χ0v) is 11.7. The van der Waals surface area contributed by atoms with Crippen LogP contribution in [0.2, 0.25) is 0 Å². The average Bonchev–Trinajstić information content (AvgIpc) is 2.46. The molecule has 0 saturated carbocycles. The fraction of sp³-hybridized carbons (Fsp3) is 0.600. The van der Waals surface area contributed by atoms with E-state index in [1.54, 1.807) is 18.2 Å². The summed E-state index contributed by atoms with van der Waals surface area (Å²) in [6, 6.07) is 7.13.